The van der Waals surface area contributed by atoms with Crippen LogP contribution in [0, 0.1) is 13.8 Å². The van der Waals surface area contributed by atoms with Crippen LogP contribution in [0.3, 0.4) is 0 Å². The molecule has 178 valence electrons. The van der Waals surface area contributed by atoms with E-state index in [-0.39, 0.29) is 36.1 Å². The Labute approximate surface area is 206 Å². The maximum absolute atomic E-state index is 13.3. The number of carbonyl (C=O) groups is 3. The molecule has 0 aliphatic rings. The number of thiophene rings is 1. The van der Waals surface area contributed by atoms with Gasteiger partial charge in [0.05, 0.1) is 42.0 Å². The third-order valence-electron chi connectivity index (χ3n) is 4.88. The molecule has 0 saturated carbocycles. The fourth-order valence-electron chi connectivity index (χ4n) is 3.36. The summed E-state index contributed by atoms with van der Waals surface area (Å²) in [6.07, 6.45) is 0. The Balaban J connectivity index is 2.12. The van der Waals surface area contributed by atoms with Gasteiger partial charge in [-0.05, 0) is 37.8 Å². The van der Waals surface area contributed by atoms with Crippen LogP contribution in [0.2, 0.25) is 0 Å². The van der Waals surface area contributed by atoms with Crippen LogP contribution in [0.1, 0.15) is 44.6 Å². The highest BCUT2D eigenvalue weighted by Gasteiger charge is 2.30. The lowest BCUT2D eigenvalue weighted by atomic mass is 9.97. The average Bonchev–Trinajstić information content (AvgIpc) is 3.29. The number of aromatic nitrogens is 1. The monoisotopic (exact) mass is 499 g/mol. The lowest BCUT2D eigenvalue weighted by molar-refractivity contribution is -0.137. The van der Waals surface area contributed by atoms with Gasteiger partial charge >= 0.3 is 17.9 Å². The maximum atomic E-state index is 13.3. The number of carbonyl (C=O) groups excluding carboxylic acids is 3. The van der Waals surface area contributed by atoms with Crippen molar-refractivity contribution in [2.75, 3.05) is 19.5 Å². The molecule has 2 aromatic heterocycles. The number of benzene rings is 1. The normalized spacial score (nSPS) is 10.6. The van der Waals surface area contributed by atoms with E-state index < -0.39 is 11.9 Å². The highest BCUT2D eigenvalue weighted by molar-refractivity contribution is 8.00. The van der Waals surface area contributed by atoms with E-state index in [0.717, 1.165) is 10.5 Å². The molecule has 0 aliphatic carbocycles. The number of thioether (sulfide) groups is 1. The summed E-state index contributed by atoms with van der Waals surface area (Å²) >= 11 is 2.63. The molecule has 0 fully saturated rings. The predicted molar refractivity (Wildman–Crippen MR) is 131 cm³/mol. The number of rotatable bonds is 9. The summed E-state index contributed by atoms with van der Waals surface area (Å²) in [6, 6.07) is 11.2. The number of ether oxygens (including phenoxy) is 3. The number of methoxy groups -OCH3 is 1. The van der Waals surface area contributed by atoms with Crippen molar-refractivity contribution in [1.82, 2.24) is 4.98 Å². The number of aryl methyl sites for hydroxylation is 2. The molecule has 0 atom stereocenters. The highest BCUT2D eigenvalue weighted by Crippen LogP contribution is 2.42. The van der Waals surface area contributed by atoms with Crippen LogP contribution in [-0.4, -0.2) is 42.4 Å². The van der Waals surface area contributed by atoms with Crippen LogP contribution in [0.4, 0.5) is 0 Å². The number of hydrogen-bond acceptors (Lipinski definition) is 9. The summed E-state index contributed by atoms with van der Waals surface area (Å²) in [5.41, 5.74) is 2.54. The molecule has 2 heterocycles. The molecule has 3 rings (SSSR count). The fourth-order valence-corrected chi connectivity index (χ4v) is 5.41. The molecule has 0 bridgehead atoms. The van der Waals surface area contributed by atoms with Gasteiger partial charge in [-0.2, -0.15) is 0 Å². The van der Waals surface area contributed by atoms with Crippen molar-refractivity contribution in [1.29, 1.82) is 0 Å². The molecular formula is C25H25NO6S2. The zero-order valence-electron chi connectivity index (χ0n) is 19.4. The van der Waals surface area contributed by atoms with Crippen molar-refractivity contribution in [3.8, 4) is 10.4 Å². The van der Waals surface area contributed by atoms with E-state index in [4.69, 9.17) is 14.2 Å². The summed E-state index contributed by atoms with van der Waals surface area (Å²) in [7, 11) is 1.33. The number of nitrogens with zero attached hydrogens (tertiary/aromatic N) is 1. The Hall–Kier alpha value is -3.17. The molecule has 7 nitrogen and oxygen atoms in total. The molecule has 0 saturated heterocycles. The van der Waals surface area contributed by atoms with Crippen LogP contribution < -0.4 is 0 Å². The molecule has 0 unspecified atom stereocenters. The first-order valence-electron chi connectivity index (χ1n) is 10.5. The van der Waals surface area contributed by atoms with Crippen molar-refractivity contribution >= 4 is 41.0 Å². The van der Waals surface area contributed by atoms with Crippen LogP contribution in [0.5, 0.6) is 0 Å². The lowest BCUT2D eigenvalue weighted by Crippen LogP contribution is -2.17. The van der Waals surface area contributed by atoms with E-state index in [2.05, 4.69) is 4.98 Å². The minimum Gasteiger partial charge on any atom is -0.468 e. The zero-order valence-corrected chi connectivity index (χ0v) is 21.0. The second-order valence-electron chi connectivity index (χ2n) is 7.17. The summed E-state index contributed by atoms with van der Waals surface area (Å²) in [4.78, 5) is 43.9. The van der Waals surface area contributed by atoms with Gasteiger partial charge in [0.1, 0.15) is 6.61 Å². The van der Waals surface area contributed by atoms with Gasteiger partial charge in [0.15, 0.2) is 0 Å². The first-order chi connectivity index (χ1) is 16.4. The van der Waals surface area contributed by atoms with Crippen LogP contribution in [0.25, 0.3) is 10.4 Å². The molecule has 3 aromatic rings. The SMILES string of the molecule is CCOC(=O)c1c(C)nc(C)c(C(=O)OCc2ccccc2)c1-c1sccc1SCC(=O)OC. The van der Waals surface area contributed by atoms with E-state index in [1.54, 1.807) is 20.8 Å². The average molecular weight is 500 g/mol. The lowest BCUT2D eigenvalue weighted by Gasteiger charge is -2.18. The second-order valence-corrected chi connectivity index (χ2v) is 9.10. The van der Waals surface area contributed by atoms with Gasteiger partial charge in [-0.25, -0.2) is 9.59 Å². The van der Waals surface area contributed by atoms with Crippen LogP contribution in [0.15, 0.2) is 46.7 Å². The molecule has 0 radical (unpaired) electrons. The van der Waals surface area contributed by atoms with Crippen LogP contribution in [-0.2, 0) is 25.6 Å². The Kier molecular flexibility index (Phi) is 8.84. The predicted octanol–water partition coefficient (Wildman–Crippen LogP) is 5.23. The van der Waals surface area contributed by atoms with E-state index in [1.165, 1.54) is 30.2 Å². The molecule has 9 heteroatoms. The van der Waals surface area contributed by atoms with Gasteiger partial charge in [0.2, 0.25) is 0 Å². The quantitative estimate of drug-likeness (QED) is 0.225. The van der Waals surface area contributed by atoms with Crippen LogP contribution >= 0.6 is 23.1 Å². The summed E-state index contributed by atoms with van der Waals surface area (Å²) < 4.78 is 15.7. The third-order valence-corrected chi connectivity index (χ3v) is 6.98. The van der Waals surface area contributed by atoms with Gasteiger partial charge in [-0.3, -0.25) is 9.78 Å². The molecule has 34 heavy (non-hydrogen) atoms. The minimum absolute atomic E-state index is 0.0789. The van der Waals surface area contributed by atoms with Crippen molar-refractivity contribution in [2.24, 2.45) is 0 Å². The van der Waals surface area contributed by atoms with Crippen molar-refractivity contribution in [3.05, 3.63) is 69.9 Å². The minimum atomic E-state index is -0.591. The molecule has 1 aromatic carbocycles. The zero-order chi connectivity index (χ0) is 24.7. The van der Waals surface area contributed by atoms with Crippen molar-refractivity contribution in [3.63, 3.8) is 0 Å². The summed E-state index contributed by atoms with van der Waals surface area (Å²) in [5, 5.41) is 1.84. The highest BCUT2D eigenvalue weighted by atomic mass is 32.2. The Bertz CT molecular complexity index is 1190. The third kappa shape index (κ3) is 5.84. The number of hydrogen-bond donors (Lipinski definition) is 0. The summed E-state index contributed by atoms with van der Waals surface area (Å²) in [5.74, 6) is -1.45. The number of esters is 3. The second kappa shape index (κ2) is 11.8. The van der Waals surface area contributed by atoms with E-state index in [0.29, 0.717) is 21.8 Å². The Morgan fingerprint density at radius 1 is 0.971 bits per heavy atom. The van der Waals surface area contributed by atoms with E-state index >= 15 is 0 Å². The summed E-state index contributed by atoms with van der Waals surface area (Å²) in [6.45, 7) is 5.38. The van der Waals surface area contributed by atoms with Gasteiger partial charge in [0.25, 0.3) is 0 Å². The van der Waals surface area contributed by atoms with Gasteiger partial charge < -0.3 is 14.2 Å². The van der Waals surface area contributed by atoms with E-state index in [9.17, 15) is 14.4 Å². The van der Waals surface area contributed by atoms with E-state index in [1.807, 2.05) is 41.8 Å². The number of pyridine rings is 1. The largest absolute Gasteiger partial charge is 0.468 e. The van der Waals surface area contributed by atoms with Crippen molar-refractivity contribution < 1.29 is 28.6 Å². The standard InChI is InChI=1S/C25H25NO6S2/c1-5-31-24(28)20-15(2)26-16(3)21(25(29)32-13-17-9-7-6-8-10-17)22(20)23-18(11-12-33-23)34-14-19(27)30-4/h6-12H,5,13-14H2,1-4H3. The first kappa shape index (κ1) is 25.5. The molecular weight excluding hydrogens is 474 g/mol. The maximum Gasteiger partial charge on any atom is 0.341 e. The molecule has 0 spiro atoms. The Morgan fingerprint density at radius 2 is 1.62 bits per heavy atom. The van der Waals surface area contributed by atoms with Crippen molar-refractivity contribution in [2.45, 2.75) is 32.3 Å². The molecule has 0 amide bonds. The van der Waals surface area contributed by atoms with Gasteiger partial charge in [0, 0.05) is 15.3 Å². The first-order valence-corrected chi connectivity index (χ1v) is 12.4. The smallest absolute Gasteiger partial charge is 0.341 e. The fraction of sp³-hybridized carbons (Fsp3) is 0.280. The molecule has 0 aliphatic heterocycles. The van der Waals surface area contributed by atoms with Gasteiger partial charge in [-0.15, -0.1) is 23.1 Å². The Morgan fingerprint density at radius 3 is 2.24 bits per heavy atom. The topological polar surface area (TPSA) is 91.8 Å². The molecule has 0 N–H and O–H groups in total. The van der Waals surface area contributed by atoms with Gasteiger partial charge in [-0.1, -0.05) is 30.3 Å².